The topological polar surface area (TPSA) is 65.7 Å². The number of nitrogens with two attached hydrogens (primary N) is 1. The molecule has 104 valence electrons. The number of nitrogens with one attached hydrogen (secondary N) is 1. The average molecular weight is 264 g/mol. The van der Waals surface area contributed by atoms with Crippen LogP contribution in [0.3, 0.4) is 0 Å². The van der Waals surface area contributed by atoms with Gasteiger partial charge in [0.2, 0.25) is 6.79 Å². The van der Waals surface area contributed by atoms with Gasteiger partial charge in [-0.05, 0) is 36.6 Å². The van der Waals surface area contributed by atoms with E-state index in [1.165, 1.54) is 0 Å². The quantitative estimate of drug-likeness (QED) is 0.856. The summed E-state index contributed by atoms with van der Waals surface area (Å²) in [4.78, 5) is 0. The minimum Gasteiger partial charge on any atom is -0.454 e. The normalized spacial score (nSPS) is 23.4. The molecule has 2 aliphatic rings. The van der Waals surface area contributed by atoms with Gasteiger partial charge in [-0.2, -0.15) is 0 Å². The highest BCUT2D eigenvalue weighted by molar-refractivity contribution is 5.49. The van der Waals surface area contributed by atoms with E-state index in [0.29, 0.717) is 6.79 Å². The molecule has 1 aromatic rings. The van der Waals surface area contributed by atoms with Crippen molar-refractivity contribution in [1.29, 1.82) is 0 Å². The lowest BCUT2D eigenvalue weighted by molar-refractivity contribution is 0.0195. The third kappa shape index (κ3) is 2.68. The molecule has 2 heterocycles. The summed E-state index contributed by atoms with van der Waals surface area (Å²) in [7, 11) is 0. The average Bonchev–Trinajstić information content (AvgIpc) is 2.86. The maximum Gasteiger partial charge on any atom is 0.231 e. The first kappa shape index (κ1) is 12.7. The summed E-state index contributed by atoms with van der Waals surface area (Å²) >= 11 is 0. The fraction of sp³-hybridized carbons (Fsp3) is 0.571. The molecule has 0 amide bonds. The second kappa shape index (κ2) is 5.36. The molecular formula is C14H20N2O3. The fourth-order valence-corrected chi connectivity index (χ4v) is 2.64. The van der Waals surface area contributed by atoms with E-state index in [0.717, 1.165) is 48.7 Å². The van der Waals surface area contributed by atoms with Crippen LogP contribution in [-0.2, 0) is 4.74 Å². The second-order valence-electron chi connectivity index (χ2n) is 5.10. The molecule has 3 rings (SSSR count). The summed E-state index contributed by atoms with van der Waals surface area (Å²) in [5.41, 5.74) is 8.57. The molecule has 5 nitrogen and oxygen atoms in total. The minimum absolute atomic E-state index is 0.0422. The second-order valence-corrected chi connectivity index (χ2v) is 5.10. The lowest BCUT2D eigenvalue weighted by Gasteiger charge is -2.26. The third-order valence-corrected chi connectivity index (χ3v) is 3.68. The smallest absolute Gasteiger partial charge is 0.231 e. The summed E-state index contributed by atoms with van der Waals surface area (Å²) < 4.78 is 16.5. The molecule has 2 aliphatic heterocycles. The molecule has 2 atom stereocenters. The Morgan fingerprint density at radius 1 is 1.37 bits per heavy atom. The van der Waals surface area contributed by atoms with Crippen molar-refractivity contribution in [3.8, 4) is 11.5 Å². The molecule has 0 bridgehead atoms. The van der Waals surface area contributed by atoms with Crippen molar-refractivity contribution >= 4 is 0 Å². The van der Waals surface area contributed by atoms with Crippen molar-refractivity contribution in [1.82, 2.24) is 5.32 Å². The van der Waals surface area contributed by atoms with Crippen LogP contribution in [0.25, 0.3) is 0 Å². The highest BCUT2D eigenvalue weighted by Crippen LogP contribution is 2.37. The Morgan fingerprint density at radius 2 is 2.16 bits per heavy atom. The molecule has 1 fully saturated rings. The summed E-state index contributed by atoms with van der Waals surface area (Å²) in [5.74, 6) is 1.60. The van der Waals surface area contributed by atoms with Crippen LogP contribution in [0.4, 0.5) is 0 Å². The van der Waals surface area contributed by atoms with E-state index in [-0.39, 0.29) is 12.1 Å². The van der Waals surface area contributed by atoms with Gasteiger partial charge >= 0.3 is 0 Å². The maximum atomic E-state index is 6.32. The predicted molar refractivity (Wildman–Crippen MR) is 71.5 cm³/mol. The Labute approximate surface area is 113 Å². The van der Waals surface area contributed by atoms with E-state index in [4.69, 9.17) is 19.9 Å². The van der Waals surface area contributed by atoms with Gasteiger partial charge in [0.15, 0.2) is 11.5 Å². The largest absolute Gasteiger partial charge is 0.454 e. The molecule has 3 N–H and O–H groups in total. The monoisotopic (exact) mass is 264 g/mol. The van der Waals surface area contributed by atoms with Gasteiger partial charge < -0.3 is 25.3 Å². The van der Waals surface area contributed by atoms with Crippen LogP contribution in [0.1, 0.15) is 23.6 Å². The fourth-order valence-electron chi connectivity index (χ4n) is 2.64. The van der Waals surface area contributed by atoms with E-state index in [1.807, 2.05) is 12.1 Å². The zero-order chi connectivity index (χ0) is 13.2. The number of rotatable bonds is 3. The molecule has 0 aromatic heterocycles. The molecule has 19 heavy (non-hydrogen) atoms. The van der Waals surface area contributed by atoms with Crippen molar-refractivity contribution in [3.63, 3.8) is 0 Å². The van der Waals surface area contributed by atoms with Gasteiger partial charge in [0, 0.05) is 19.1 Å². The van der Waals surface area contributed by atoms with E-state index in [2.05, 4.69) is 12.2 Å². The van der Waals surface area contributed by atoms with Crippen LogP contribution in [0.15, 0.2) is 12.1 Å². The molecule has 0 saturated carbocycles. The summed E-state index contributed by atoms with van der Waals surface area (Å²) in [6, 6.07) is 3.95. The first-order valence-corrected chi connectivity index (χ1v) is 6.72. The lowest BCUT2D eigenvalue weighted by atomic mass is 9.96. The van der Waals surface area contributed by atoms with Crippen LogP contribution in [-0.4, -0.2) is 32.6 Å². The van der Waals surface area contributed by atoms with E-state index in [1.54, 1.807) is 0 Å². The standard InChI is InChI=1S/C14H20N2O3/c1-9-4-13-14(19-8-18-13)6-11(9)12(15)5-10-7-16-2-3-17-10/h4,6,10,12,16H,2-3,5,7-8,15H2,1H3. The molecule has 2 unspecified atom stereocenters. The molecule has 5 heteroatoms. The maximum absolute atomic E-state index is 6.32. The number of morpholine rings is 1. The lowest BCUT2D eigenvalue weighted by Crippen LogP contribution is -2.40. The van der Waals surface area contributed by atoms with Crippen LogP contribution in [0.2, 0.25) is 0 Å². The van der Waals surface area contributed by atoms with Crippen molar-refractivity contribution < 1.29 is 14.2 Å². The van der Waals surface area contributed by atoms with Crippen molar-refractivity contribution in [3.05, 3.63) is 23.3 Å². The third-order valence-electron chi connectivity index (χ3n) is 3.68. The number of benzene rings is 1. The zero-order valence-corrected chi connectivity index (χ0v) is 11.1. The number of hydrogen-bond acceptors (Lipinski definition) is 5. The van der Waals surface area contributed by atoms with Gasteiger partial charge in [-0.3, -0.25) is 0 Å². The Bertz CT molecular complexity index is 458. The Hall–Kier alpha value is -1.30. The van der Waals surface area contributed by atoms with Gasteiger partial charge in [0.25, 0.3) is 0 Å². The zero-order valence-electron chi connectivity index (χ0n) is 11.1. The van der Waals surface area contributed by atoms with Gasteiger partial charge in [0.05, 0.1) is 12.7 Å². The Morgan fingerprint density at radius 3 is 2.89 bits per heavy atom. The highest BCUT2D eigenvalue weighted by Gasteiger charge is 2.22. The Balaban J connectivity index is 1.73. The number of ether oxygens (including phenoxy) is 3. The summed E-state index contributed by atoms with van der Waals surface area (Å²) in [6.45, 7) is 4.91. The molecule has 1 aromatic carbocycles. The number of fused-ring (bicyclic) bond motifs is 1. The van der Waals surface area contributed by atoms with Gasteiger partial charge in [-0.15, -0.1) is 0 Å². The van der Waals surface area contributed by atoms with Crippen molar-refractivity contribution in [2.45, 2.75) is 25.5 Å². The molecule has 0 aliphatic carbocycles. The predicted octanol–water partition coefficient (Wildman–Crippen LogP) is 1.10. The van der Waals surface area contributed by atoms with Crippen LogP contribution >= 0.6 is 0 Å². The number of aryl methyl sites for hydroxylation is 1. The van der Waals surface area contributed by atoms with Crippen molar-refractivity contribution in [2.75, 3.05) is 26.5 Å². The minimum atomic E-state index is -0.0422. The first-order chi connectivity index (χ1) is 9.24. The SMILES string of the molecule is Cc1cc2c(cc1C(N)CC1CNCCO1)OCO2. The number of hydrogen-bond donors (Lipinski definition) is 2. The summed E-state index contributed by atoms with van der Waals surface area (Å²) in [6.07, 6.45) is 1.00. The molecule has 0 radical (unpaired) electrons. The van der Waals surface area contributed by atoms with Crippen LogP contribution in [0, 0.1) is 6.92 Å². The molecule has 1 saturated heterocycles. The van der Waals surface area contributed by atoms with E-state index >= 15 is 0 Å². The highest BCUT2D eigenvalue weighted by atomic mass is 16.7. The Kier molecular flexibility index (Phi) is 3.59. The molecular weight excluding hydrogens is 244 g/mol. The molecule has 0 spiro atoms. The van der Waals surface area contributed by atoms with Crippen LogP contribution in [0.5, 0.6) is 11.5 Å². The summed E-state index contributed by atoms with van der Waals surface area (Å²) in [5, 5.41) is 3.32. The van der Waals surface area contributed by atoms with E-state index < -0.39 is 0 Å². The van der Waals surface area contributed by atoms with Crippen LogP contribution < -0.4 is 20.5 Å². The van der Waals surface area contributed by atoms with Gasteiger partial charge in [-0.1, -0.05) is 0 Å². The van der Waals surface area contributed by atoms with Crippen molar-refractivity contribution in [2.24, 2.45) is 5.73 Å². The van der Waals surface area contributed by atoms with E-state index in [9.17, 15) is 0 Å². The van der Waals surface area contributed by atoms with Gasteiger partial charge in [0.1, 0.15) is 0 Å². The first-order valence-electron chi connectivity index (χ1n) is 6.72. The van der Waals surface area contributed by atoms with Gasteiger partial charge in [-0.25, -0.2) is 0 Å².